The number of Topliss-reactive ketones (excluding diaryl/α,β-unsaturated/α-hetero) is 1. The van der Waals surface area contributed by atoms with Crippen molar-refractivity contribution in [3.63, 3.8) is 0 Å². The minimum absolute atomic E-state index is 0.218. The summed E-state index contributed by atoms with van der Waals surface area (Å²) in [6.07, 6.45) is -0.627. The maximum atomic E-state index is 12.3. The Bertz CT molecular complexity index is 495. The quantitative estimate of drug-likeness (QED) is 0.845. The van der Waals surface area contributed by atoms with E-state index in [-0.39, 0.29) is 12.4 Å². The first kappa shape index (κ1) is 14.7. The average Bonchev–Trinajstić information content (AvgIpc) is 2.49. The van der Waals surface area contributed by atoms with Gasteiger partial charge in [-0.15, -0.1) is 0 Å². The SMILES string of the molecule is CC(C)c1ccc(C(C#N)C(=O)C2COCCO2)cc1. The van der Waals surface area contributed by atoms with Crippen molar-refractivity contribution in [3.8, 4) is 6.07 Å². The number of ether oxygens (including phenoxy) is 2. The van der Waals surface area contributed by atoms with Crippen LogP contribution in [0.3, 0.4) is 0 Å². The van der Waals surface area contributed by atoms with Gasteiger partial charge in [-0.1, -0.05) is 38.1 Å². The minimum Gasteiger partial charge on any atom is -0.376 e. The largest absolute Gasteiger partial charge is 0.376 e. The predicted octanol–water partition coefficient (Wildman–Crippen LogP) is 2.40. The molecule has 0 spiro atoms. The smallest absolute Gasteiger partial charge is 0.185 e. The molecule has 1 aliphatic rings. The van der Waals surface area contributed by atoms with E-state index >= 15 is 0 Å². The van der Waals surface area contributed by atoms with Crippen LogP contribution in [-0.2, 0) is 14.3 Å². The van der Waals surface area contributed by atoms with E-state index < -0.39 is 12.0 Å². The van der Waals surface area contributed by atoms with Gasteiger partial charge in [-0.05, 0) is 17.0 Å². The number of benzene rings is 1. The third-order valence-electron chi connectivity index (χ3n) is 3.48. The highest BCUT2D eigenvalue weighted by Crippen LogP contribution is 2.22. The molecule has 1 aliphatic heterocycles. The summed E-state index contributed by atoms with van der Waals surface area (Å²) in [7, 11) is 0. The summed E-state index contributed by atoms with van der Waals surface area (Å²) in [4.78, 5) is 12.3. The molecule has 2 unspecified atom stereocenters. The Labute approximate surface area is 119 Å². The molecule has 4 heteroatoms. The van der Waals surface area contributed by atoms with Crippen molar-refractivity contribution in [1.29, 1.82) is 5.26 Å². The molecule has 1 aromatic carbocycles. The summed E-state index contributed by atoms with van der Waals surface area (Å²) >= 11 is 0. The zero-order valence-corrected chi connectivity index (χ0v) is 11.8. The van der Waals surface area contributed by atoms with E-state index in [2.05, 4.69) is 19.9 Å². The third-order valence-corrected chi connectivity index (χ3v) is 3.48. The van der Waals surface area contributed by atoms with Crippen LogP contribution in [0.4, 0.5) is 0 Å². The van der Waals surface area contributed by atoms with Gasteiger partial charge in [0.1, 0.15) is 12.0 Å². The van der Waals surface area contributed by atoms with E-state index in [9.17, 15) is 10.1 Å². The van der Waals surface area contributed by atoms with Crippen LogP contribution >= 0.6 is 0 Å². The molecule has 1 fully saturated rings. The van der Waals surface area contributed by atoms with Gasteiger partial charge in [-0.25, -0.2) is 0 Å². The van der Waals surface area contributed by atoms with Crippen LogP contribution in [0, 0.1) is 11.3 Å². The number of carbonyl (C=O) groups excluding carboxylic acids is 1. The van der Waals surface area contributed by atoms with Crippen LogP contribution in [0.1, 0.15) is 36.8 Å². The highest BCUT2D eigenvalue weighted by molar-refractivity contribution is 5.92. The van der Waals surface area contributed by atoms with Gasteiger partial charge in [-0.3, -0.25) is 4.79 Å². The number of ketones is 1. The Hall–Kier alpha value is -1.70. The first-order valence-electron chi connectivity index (χ1n) is 6.86. The summed E-state index contributed by atoms with van der Waals surface area (Å²) in [6, 6.07) is 9.72. The molecule has 106 valence electrons. The summed E-state index contributed by atoms with van der Waals surface area (Å²) in [5, 5.41) is 9.29. The maximum Gasteiger partial charge on any atom is 0.185 e. The predicted molar refractivity (Wildman–Crippen MR) is 74.5 cm³/mol. The number of nitriles is 1. The molecule has 0 radical (unpaired) electrons. The fourth-order valence-corrected chi connectivity index (χ4v) is 2.21. The third kappa shape index (κ3) is 3.24. The van der Waals surface area contributed by atoms with E-state index in [1.807, 2.05) is 24.3 Å². The first-order chi connectivity index (χ1) is 9.63. The van der Waals surface area contributed by atoms with Crippen LogP contribution in [0.15, 0.2) is 24.3 Å². The molecule has 0 aromatic heterocycles. The lowest BCUT2D eigenvalue weighted by atomic mass is 9.91. The molecule has 1 aromatic rings. The van der Waals surface area contributed by atoms with Crippen LogP contribution < -0.4 is 0 Å². The molecular weight excluding hydrogens is 254 g/mol. The highest BCUT2D eigenvalue weighted by Gasteiger charge is 2.30. The molecular formula is C16H19NO3. The highest BCUT2D eigenvalue weighted by atomic mass is 16.6. The fourth-order valence-electron chi connectivity index (χ4n) is 2.21. The summed E-state index contributed by atoms with van der Waals surface area (Å²) in [5.41, 5.74) is 1.91. The zero-order valence-electron chi connectivity index (χ0n) is 11.8. The molecule has 0 N–H and O–H groups in total. The van der Waals surface area contributed by atoms with Crippen molar-refractivity contribution < 1.29 is 14.3 Å². The molecule has 0 aliphatic carbocycles. The number of hydrogen-bond acceptors (Lipinski definition) is 4. The number of hydrogen-bond donors (Lipinski definition) is 0. The zero-order chi connectivity index (χ0) is 14.5. The van der Waals surface area contributed by atoms with E-state index in [0.29, 0.717) is 19.1 Å². The van der Waals surface area contributed by atoms with E-state index in [1.165, 1.54) is 5.56 Å². The lowest BCUT2D eigenvalue weighted by Crippen LogP contribution is -2.38. The number of carbonyl (C=O) groups is 1. The Morgan fingerprint density at radius 2 is 1.90 bits per heavy atom. The summed E-state index contributed by atoms with van der Waals surface area (Å²) < 4.78 is 10.6. The van der Waals surface area contributed by atoms with Crippen LogP contribution in [0.5, 0.6) is 0 Å². The maximum absolute atomic E-state index is 12.3. The fraction of sp³-hybridized carbons (Fsp3) is 0.500. The van der Waals surface area contributed by atoms with Gasteiger partial charge in [-0.2, -0.15) is 5.26 Å². The molecule has 0 bridgehead atoms. The van der Waals surface area contributed by atoms with E-state index in [1.54, 1.807) is 0 Å². The molecule has 4 nitrogen and oxygen atoms in total. The van der Waals surface area contributed by atoms with Gasteiger partial charge in [0, 0.05) is 0 Å². The Balaban J connectivity index is 2.15. The lowest BCUT2D eigenvalue weighted by molar-refractivity contribution is -0.145. The monoisotopic (exact) mass is 273 g/mol. The standard InChI is InChI=1S/C16H19NO3/c1-11(2)12-3-5-13(6-4-12)14(9-17)16(18)15-10-19-7-8-20-15/h3-6,11,14-15H,7-8,10H2,1-2H3. The van der Waals surface area contributed by atoms with Crippen molar-refractivity contribution >= 4 is 5.78 Å². The summed E-state index contributed by atoms with van der Waals surface area (Å²) in [6.45, 7) is 5.36. The molecule has 20 heavy (non-hydrogen) atoms. The summed E-state index contributed by atoms with van der Waals surface area (Å²) in [5.74, 6) is -0.581. The second-order valence-electron chi connectivity index (χ2n) is 5.22. The lowest BCUT2D eigenvalue weighted by Gasteiger charge is -2.23. The Morgan fingerprint density at radius 3 is 2.40 bits per heavy atom. The van der Waals surface area contributed by atoms with Crippen LogP contribution in [0.25, 0.3) is 0 Å². The Kier molecular flexibility index (Phi) is 4.89. The topological polar surface area (TPSA) is 59.3 Å². The van der Waals surface area contributed by atoms with Gasteiger partial charge >= 0.3 is 0 Å². The first-order valence-corrected chi connectivity index (χ1v) is 6.86. The van der Waals surface area contributed by atoms with Gasteiger partial charge in [0.2, 0.25) is 0 Å². The van der Waals surface area contributed by atoms with Gasteiger partial charge in [0.05, 0.1) is 25.9 Å². The van der Waals surface area contributed by atoms with E-state index in [0.717, 1.165) is 5.56 Å². The molecule has 1 heterocycles. The number of rotatable bonds is 4. The average molecular weight is 273 g/mol. The number of nitrogens with zero attached hydrogens (tertiary/aromatic N) is 1. The van der Waals surface area contributed by atoms with Crippen LogP contribution in [-0.4, -0.2) is 31.7 Å². The minimum atomic E-state index is -0.789. The second-order valence-corrected chi connectivity index (χ2v) is 5.22. The van der Waals surface area contributed by atoms with Crippen molar-refractivity contribution in [2.24, 2.45) is 0 Å². The van der Waals surface area contributed by atoms with Gasteiger partial charge in [0.15, 0.2) is 5.78 Å². The normalized spacial score (nSPS) is 20.4. The van der Waals surface area contributed by atoms with Gasteiger partial charge < -0.3 is 9.47 Å². The molecule has 2 atom stereocenters. The van der Waals surface area contributed by atoms with Crippen molar-refractivity contribution in [1.82, 2.24) is 0 Å². The van der Waals surface area contributed by atoms with E-state index in [4.69, 9.17) is 9.47 Å². The molecule has 0 saturated carbocycles. The Morgan fingerprint density at radius 1 is 1.25 bits per heavy atom. The van der Waals surface area contributed by atoms with Crippen molar-refractivity contribution in [2.45, 2.75) is 31.8 Å². The van der Waals surface area contributed by atoms with Crippen molar-refractivity contribution in [2.75, 3.05) is 19.8 Å². The van der Waals surface area contributed by atoms with Crippen molar-refractivity contribution in [3.05, 3.63) is 35.4 Å². The van der Waals surface area contributed by atoms with Crippen LogP contribution in [0.2, 0.25) is 0 Å². The molecule has 0 amide bonds. The van der Waals surface area contributed by atoms with Gasteiger partial charge in [0.25, 0.3) is 0 Å². The molecule has 1 saturated heterocycles. The molecule has 2 rings (SSSR count). The second kappa shape index (κ2) is 6.65.